The summed E-state index contributed by atoms with van der Waals surface area (Å²) in [4.78, 5) is 14.2. The Hall–Kier alpha value is -2.49. The molecule has 1 aliphatic heterocycles. The van der Waals surface area contributed by atoms with Gasteiger partial charge in [0.1, 0.15) is 12.4 Å². The average molecular weight is 310 g/mol. The normalized spacial score (nSPS) is 13.3. The average Bonchev–Trinajstić information content (AvgIpc) is 2.59. The number of urea groups is 1. The van der Waals surface area contributed by atoms with Crippen molar-refractivity contribution in [1.29, 1.82) is 0 Å². The van der Waals surface area contributed by atoms with E-state index in [1.807, 2.05) is 54.3 Å². The molecule has 1 aliphatic rings. The Bertz CT molecular complexity index is 667. The molecule has 0 fully saturated rings. The fraction of sp³-hybridized carbons (Fsp3) is 0.316. The third-order valence-corrected chi connectivity index (χ3v) is 4.02. The molecule has 1 N–H and O–H groups in total. The highest BCUT2D eigenvalue weighted by Crippen LogP contribution is 2.26. The molecule has 0 saturated heterocycles. The number of aryl methyl sites for hydroxylation is 2. The maximum absolute atomic E-state index is 12.4. The highest BCUT2D eigenvalue weighted by Gasteiger charge is 2.21. The fourth-order valence-electron chi connectivity index (χ4n) is 2.80. The number of ether oxygens (including phenoxy) is 1. The number of hydrogen-bond donors (Lipinski definition) is 1. The van der Waals surface area contributed by atoms with E-state index >= 15 is 0 Å². The molecule has 0 bridgehead atoms. The van der Waals surface area contributed by atoms with Gasteiger partial charge in [-0.25, -0.2) is 4.79 Å². The number of anilines is 1. The number of carbonyl (C=O) groups excluding carboxylic acids is 1. The Balaban J connectivity index is 1.49. The largest absolute Gasteiger partial charge is 0.492 e. The van der Waals surface area contributed by atoms with Gasteiger partial charge < -0.3 is 10.1 Å². The summed E-state index contributed by atoms with van der Waals surface area (Å²) in [7, 11) is 0. The van der Waals surface area contributed by atoms with Gasteiger partial charge >= 0.3 is 6.03 Å². The minimum Gasteiger partial charge on any atom is -0.492 e. The van der Waals surface area contributed by atoms with Gasteiger partial charge in [0, 0.05) is 12.2 Å². The van der Waals surface area contributed by atoms with Crippen molar-refractivity contribution >= 4 is 11.7 Å². The first kappa shape index (κ1) is 15.4. The third kappa shape index (κ3) is 3.83. The van der Waals surface area contributed by atoms with E-state index in [1.165, 1.54) is 11.1 Å². The predicted molar refractivity (Wildman–Crippen MR) is 92.2 cm³/mol. The van der Waals surface area contributed by atoms with Crippen LogP contribution >= 0.6 is 0 Å². The molecule has 0 aliphatic carbocycles. The van der Waals surface area contributed by atoms with Gasteiger partial charge in [0.25, 0.3) is 0 Å². The van der Waals surface area contributed by atoms with E-state index in [9.17, 15) is 4.79 Å². The lowest BCUT2D eigenvalue weighted by Gasteiger charge is -2.29. The molecule has 1 heterocycles. The van der Waals surface area contributed by atoms with Crippen LogP contribution in [0.15, 0.2) is 48.5 Å². The van der Waals surface area contributed by atoms with Crippen LogP contribution in [0, 0.1) is 6.92 Å². The van der Waals surface area contributed by atoms with E-state index in [0.717, 1.165) is 30.8 Å². The van der Waals surface area contributed by atoms with Crippen molar-refractivity contribution in [3.05, 3.63) is 59.7 Å². The quantitative estimate of drug-likeness (QED) is 0.878. The lowest BCUT2D eigenvalue weighted by molar-refractivity contribution is 0.241. The van der Waals surface area contributed by atoms with E-state index in [0.29, 0.717) is 13.2 Å². The molecule has 0 atom stereocenters. The van der Waals surface area contributed by atoms with Crippen LogP contribution in [0.4, 0.5) is 10.5 Å². The van der Waals surface area contributed by atoms with Crippen LogP contribution in [-0.2, 0) is 6.42 Å². The van der Waals surface area contributed by atoms with Crippen LogP contribution in [0.5, 0.6) is 5.75 Å². The zero-order valence-corrected chi connectivity index (χ0v) is 13.4. The number of hydrogen-bond acceptors (Lipinski definition) is 2. The smallest absolute Gasteiger partial charge is 0.321 e. The molecular weight excluding hydrogens is 288 g/mol. The SMILES string of the molecule is Cc1ccc(OCCNC(=O)N2CCCc3ccccc32)cc1. The molecule has 0 spiro atoms. The molecule has 23 heavy (non-hydrogen) atoms. The van der Waals surface area contributed by atoms with Crippen LogP contribution in [0.2, 0.25) is 0 Å². The molecule has 3 rings (SSSR count). The number of nitrogens with zero attached hydrogens (tertiary/aromatic N) is 1. The zero-order valence-electron chi connectivity index (χ0n) is 13.4. The van der Waals surface area contributed by atoms with Crippen molar-refractivity contribution < 1.29 is 9.53 Å². The first-order chi connectivity index (χ1) is 11.2. The van der Waals surface area contributed by atoms with E-state index in [1.54, 1.807) is 0 Å². The van der Waals surface area contributed by atoms with E-state index in [-0.39, 0.29) is 6.03 Å². The van der Waals surface area contributed by atoms with Crippen molar-refractivity contribution in [2.24, 2.45) is 0 Å². The van der Waals surface area contributed by atoms with E-state index < -0.39 is 0 Å². The maximum atomic E-state index is 12.4. The van der Waals surface area contributed by atoms with Crippen LogP contribution in [-0.4, -0.2) is 25.7 Å². The number of benzene rings is 2. The number of para-hydroxylation sites is 1. The monoisotopic (exact) mass is 310 g/mol. The summed E-state index contributed by atoms with van der Waals surface area (Å²) in [6.07, 6.45) is 2.04. The van der Waals surface area contributed by atoms with Crippen molar-refractivity contribution in [3.8, 4) is 5.75 Å². The summed E-state index contributed by atoms with van der Waals surface area (Å²) in [5.74, 6) is 0.827. The summed E-state index contributed by atoms with van der Waals surface area (Å²) in [6.45, 7) is 3.76. The molecule has 2 aromatic rings. The first-order valence-corrected chi connectivity index (χ1v) is 8.07. The van der Waals surface area contributed by atoms with Crippen LogP contribution in [0.25, 0.3) is 0 Å². The van der Waals surface area contributed by atoms with Gasteiger partial charge in [0.15, 0.2) is 0 Å². The summed E-state index contributed by atoms with van der Waals surface area (Å²) in [6, 6.07) is 16.0. The molecule has 120 valence electrons. The summed E-state index contributed by atoms with van der Waals surface area (Å²) >= 11 is 0. The first-order valence-electron chi connectivity index (χ1n) is 8.07. The van der Waals surface area contributed by atoms with Gasteiger partial charge in [-0.2, -0.15) is 0 Å². The molecule has 0 aromatic heterocycles. The van der Waals surface area contributed by atoms with Crippen molar-refractivity contribution in [1.82, 2.24) is 5.32 Å². The summed E-state index contributed by atoms with van der Waals surface area (Å²) in [5, 5.41) is 2.94. The molecule has 0 saturated carbocycles. The zero-order chi connectivity index (χ0) is 16.1. The van der Waals surface area contributed by atoms with Crippen LogP contribution < -0.4 is 15.0 Å². The lowest BCUT2D eigenvalue weighted by atomic mass is 10.0. The maximum Gasteiger partial charge on any atom is 0.321 e. The molecule has 2 amide bonds. The van der Waals surface area contributed by atoms with Crippen molar-refractivity contribution in [2.45, 2.75) is 19.8 Å². The fourth-order valence-corrected chi connectivity index (χ4v) is 2.80. The minimum absolute atomic E-state index is 0.0512. The highest BCUT2D eigenvalue weighted by atomic mass is 16.5. The lowest BCUT2D eigenvalue weighted by Crippen LogP contribution is -2.44. The molecule has 4 nitrogen and oxygen atoms in total. The topological polar surface area (TPSA) is 41.6 Å². The van der Waals surface area contributed by atoms with Crippen LogP contribution in [0.1, 0.15) is 17.5 Å². The molecular formula is C19H22N2O2. The Labute approximate surface area is 137 Å². The van der Waals surface area contributed by atoms with Gasteiger partial charge in [-0.1, -0.05) is 35.9 Å². The number of carbonyl (C=O) groups is 1. The Kier molecular flexibility index (Phi) is 4.81. The third-order valence-electron chi connectivity index (χ3n) is 4.02. The molecule has 0 radical (unpaired) electrons. The molecule has 0 unspecified atom stereocenters. The van der Waals surface area contributed by atoms with Crippen molar-refractivity contribution in [2.75, 3.05) is 24.6 Å². The highest BCUT2D eigenvalue weighted by molar-refractivity contribution is 5.93. The van der Waals surface area contributed by atoms with E-state index in [2.05, 4.69) is 11.4 Å². The Morgan fingerprint density at radius 2 is 1.96 bits per heavy atom. The second kappa shape index (κ2) is 7.18. The Morgan fingerprint density at radius 1 is 1.17 bits per heavy atom. The van der Waals surface area contributed by atoms with Gasteiger partial charge in [-0.15, -0.1) is 0 Å². The second-order valence-electron chi connectivity index (χ2n) is 5.78. The van der Waals surface area contributed by atoms with Crippen molar-refractivity contribution in [3.63, 3.8) is 0 Å². The van der Waals surface area contributed by atoms with E-state index in [4.69, 9.17) is 4.74 Å². The number of amides is 2. The minimum atomic E-state index is -0.0512. The number of nitrogens with one attached hydrogen (secondary N) is 1. The standard InChI is InChI=1S/C19H22N2O2/c1-15-8-10-17(11-9-15)23-14-12-20-19(22)21-13-4-6-16-5-2-3-7-18(16)21/h2-3,5,7-11H,4,6,12-14H2,1H3,(H,20,22). The molecule has 2 aromatic carbocycles. The second-order valence-corrected chi connectivity index (χ2v) is 5.78. The Morgan fingerprint density at radius 3 is 2.78 bits per heavy atom. The summed E-state index contributed by atoms with van der Waals surface area (Å²) in [5.41, 5.74) is 3.47. The predicted octanol–water partition coefficient (Wildman–Crippen LogP) is 3.54. The van der Waals surface area contributed by atoms with Gasteiger partial charge in [-0.3, -0.25) is 4.90 Å². The number of rotatable bonds is 4. The summed E-state index contributed by atoms with van der Waals surface area (Å²) < 4.78 is 5.63. The molecule has 4 heteroatoms. The van der Waals surface area contributed by atoms with Gasteiger partial charge in [0.05, 0.1) is 6.54 Å². The van der Waals surface area contributed by atoms with Gasteiger partial charge in [-0.05, 0) is 43.5 Å². The van der Waals surface area contributed by atoms with Gasteiger partial charge in [0.2, 0.25) is 0 Å². The van der Waals surface area contributed by atoms with Crippen LogP contribution in [0.3, 0.4) is 0 Å². The number of fused-ring (bicyclic) bond motifs is 1.